The van der Waals surface area contributed by atoms with Crippen LogP contribution in [0.3, 0.4) is 0 Å². The number of hydrogen-bond acceptors (Lipinski definition) is 3. The van der Waals surface area contributed by atoms with Gasteiger partial charge in [0, 0.05) is 12.4 Å². The van der Waals surface area contributed by atoms with E-state index in [1.807, 2.05) is 0 Å². The van der Waals surface area contributed by atoms with Crippen molar-refractivity contribution in [3.63, 3.8) is 0 Å². The van der Waals surface area contributed by atoms with Crippen LogP contribution in [0.15, 0.2) is 52.8 Å². The zero-order chi connectivity index (χ0) is 12.3. The van der Waals surface area contributed by atoms with E-state index in [9.17, 15) is 13.2 Å². The molecule has 0 atom stereocenters. The molecule has 2 heterocycles. The van der Waals surface area contributed by atoms with Gasteiger partial charge in [0.2, 0.25) is 0 Å². The van der Waals surface area contributed by atoms with Gasteiger partial charge in [-0.15, -0.1) is 0 Å². The van der Waals surface area contributed by atoms with E-state index < -0.39 is 11.7 Å². The van der Waals surface area contributed by atoms with Gasteiger partial charge >= 0.3 is 6.18 Å². The van der Waals surface area contributed by atoms with Gasteiger partial charge in [-0.3, -0.25) is 0 Å². The van der Waals surface area contributed by atoms with E-state index in [1.165, 1.54) is 18.5 Å². The normalized spacial score (nSPS) is 11.5. The Labute approximate surface area is 99.9 Å². The first-order valence-corrected chi connectivity index (χ1v) is 5.50. The molecule has 17 heavy (non-hydrogen) atoms. The van der Waals surface area contributed by atoms with E-state index in [1.54, 1.807) is 18.2 Å². The molecule has 2 aromatic rings. The van der Waals surface area contributed by atoms with E-state index in [2.05, 4.69) is 9.97 Å². The highest BCUT2D eigenvalue weighted by atomic mass is 32.2. The van der Waals surface area contributed by atoms with Gasteiger partial charge in [-0.2, -0.15) is 13.2 Å². The topological polar surface area (TPSA) is 25.8 Å². The molecule has 0 unspecified atom stereocenters. The molecule has 0 bridgehead atoms. The maximum Gasteiger partial charge on any atom is 0.419 e. The molecular weight excluding hydrogens is 249 g/mol. The van der Waals surface area contributed by atoms with Crippen molar-refractivity contribution in [3.8, 4) is 0 Å². The lowest BCUT2D eigenvalue weighted by atomic mass is 10.3. The van der Waals surface area contributed by atoms with Crippen LogP contribution in [0.5, 0.6) is 0 Å². The largest absolute Gasteiger partial charge is 0.419 e. The minimum absolute atomic E-state index is 0.0845. The maximum atomic E-state index is 12.7. The second-order valence-electron chi connectivity index (χ2n) is 3.12. The number of alkyl halides is 3. The van der Waals surface area contributed by atoms with Crippen molar-refractivity contribution in [2.45, 2.75) is 16.2 Å². The van der Waals surface area contributed by atoms with Crippen molar-refractivity contribution in [3.05, 3.63) is 48.3 Å². The molecule has 2 rings (SSSR count). The number of pyridine rings is 2. The Balaban J connectivity index is 2.34. The van der Waals surface area contributed by atoms with Crippen LogP contribution in [0.25, 0.3) is 0 Å². The quantitative estimate of drug-likeness (QED) is 0.820. The Morgan fingerprint density at radius 2 is 1.71 bits per heavy atom. The summed E-state index contributed by atoms with van der Waals surface area (Å²) in [6.45, 7) is 0. The van der Waals surface area contributed by atoms with Crippen LogP contribution in [-0.4, -0.2) is 9.97 Å². The summed E-state index contributed by atoms with van der Waals surface area (Å²) in [5, 5.41) is 0.399. The second kappa shape index (κ2) is 4.75. The predicted octanol–water partition coefficient (Wildman–Crippen LogP) is 3.65. The molecule has 6 heteroatoms. The number of rotatable bonds is 2. The van der Waals surface area contributed by atoms with Crippen molar-refractivity contribution in [1.82, 2.24) is 9.97 Å². The lowest BCUT2D eigenvalue weighted by Crippen LogP contribution is -2.07. The van der Waals surface area contributed by atoms with Gasteiger partial charge in [0.25, 0.3) is 0 Å². The van der Waals surface area contributed by atoms with Crippen LogP contribution in [0.1, 0.15) is 5.56 Å². The van der Waals surface area contributed by atoms with Crippen LogP contribution < -0.4 is 0 Å². The van der Waals surface area contributed by atoms with Crippen LogP contribution in [0.2, 0.25) is 0 Å². The number of nitrogens with zero attached hydrogens (tertiary/aromatic N) is 2. The summed E-state index contributed by atoms with van der Waals surface area (Å²) in [4.78, 5) is 7.70. The molecule has 0 aliphatic heterocycles. The predicted molar refractivity (Wildman–Crippen MR) is 57.6 cm³/mol. The van der Waals surface area contributed by atoms with E-state index in [0.29, 0.717) is 5.03 Å². The summed E-state index contributed by atoms with van der Waals surface area (Å²) < 4.78 is 38.0. The third-order valence-corrected chi connectivity index (χ3v) is 2.88. The van der Waals surface area contributed by atoms with E-state index in [4.69, 9.17) is 0 Å². The van der Waals surface area contributed by atoms with Crippen LogP contribution >= 0.6 is 11.8 Å². The van der Waals surface area contributed by atoms with Crippen molar-refractivity contribution in [1.29, 1.82) is 0 Å². The minimum atomic E-state index is -4.40. The van der Waals surface area contributed by atoms with Crippen LogP contribution in [0.4, 0.5) is 13.2 Å². The van der Waals surface area contributed by atoms with Crippen molar-refractivity contribution >= 4 is 11.8 Å². The first kappa shape index (κ1) is 11.9. The van der Waals surface area contributed by atoms with Gasteiger partial charge in [0.05, 0.1) is 5.56 Å². The fourth-order valence-electron chi connectivity index (χ4n) is 1.19. The minimum Gasteiger partial charge on any atom is -0.250 e. The molecule has 0 saturated carbocycles. The Hall–Kier alpha value is -1.56. The molecule has 0 aliphatic carbocycles. The van der Waals surface area contributed by atoms with Crippen molar-refractivity contribution < 1.29 is 13.2 Å². The molecule has 0 spiro atoms. The van der Waals surface area contributed by atoms with Crippen molar-refractivity contribution in [2.24, 2.45) is 0 Å². The van der Waals surface area contributed by atoms with Crippen LogP contribution in [-0.2, 0) is 6.18 Å². The summed E-state index contributed by atoms with van der Waals surface area (Å²) >= 11 is 0.899. The van der Waals surface area contributed by atoms with E-state index >= 15 is 0 Å². The highest BCUT2D eigenvalue weighted by Gasteiger charge is 2.34. The summed E-state index contributed by atoms with van der Waals surface area (Å²) in [6, 6.07) is 7.34. The first-order valence-electron chi connectivity index (χ1n) is 4.68. The van der Waals surface area contributed by atoms with Gasteiger partial charge < -0.3 is 0 Å². The molecule has 88 valence electrons. The fourth-order valence-corrected chi connectivity index (χ4v) is 2.06. The molecule has 0 aliphatic rings. The number of aromatic nitrogens is 2. The van der Waals surface area contributed by atoms with Crippen LogP contribution in [0, 0.1) is 0 Å². The average Bonchev–Trinajstić information content (AvgIpc) is 2.30. The standard InChI is InChI=1S/C11H7F3N2S/c12-11(13,14)8-4-3-7-16-10(8)17-9-5-1-2-6-15-9/h1-7H. The number of halogens is 3. The van der Waals surface area contributed by atoms with Crippen molar-refractivity contribution in [2.75, 3.05) is 0 Å². The SMILES string of the molecule is FC(F)(F)c1cccnc1Sc1ccccn1. The summed E-state index contributed by atoms with van der Waals surface area (Å²) in [6.07, 6.45) is -1.54. The Morgan fingerprint density at radius 3 is 2.35 bits per heavy atom. The highest BCUT2D eigenvalue weighted by Crippen LogP contribution is 2.37. The average molecular weight is 256 g/mol. The van der Waals surface area contributed by atoms with E-state index in [0.717, 1.165) is 17.8 Å². The highest BCUT2D eigenvalue weighted by molar-refractivity contribution is 7.99. The van der Waals surface area contributed by atoms with Gasteiger partial charge in [-0.25, -0.2) is 9.97 Å². The fraction of sp³-hybridized carbons (Fsp3) is 0.0909. The summed E-state index contributed by atoms with van der Waals surface area (Å²) in [7, 11) is 0. The van der Waals surface area contributed by atoms with E-state index in [-0.39, 0.29) is 5.03 Å². The third-order valence-electron chi connectivity index (χ3n) is 1.92. The smallest absolute Gasteiger partial charge is 0.250 e. The zero-order valence-corrected chi connectivity index (χ0v) is 9.29. The van der Waals surface area contributed by atoms with Gasteiger partial charge in [-0.1, -0.05) is 6.07 Å². The molecule has 0 N–H and O–H groups in total. The first-order chi connectivity index (χ1) is 8.07. The Morgan fingerprint density at radius 1 is 0.941 bits per heavy atom. The summed E-state index contributed by atoms with van der Waals surface area (Å²) in [5.74, 6) is 0. The Bertz CT molecular complexity index is 500. The molecule has 0 saturated heterocycles. The summed E-state index contributed by atoms with van der Waals surface area (Å²) in [5.41, 5.74) is -0.740. The molecule has 2 nitrogen and oxygen atoms in total. The lowest BCUT2D eigenvalue weighted by Gasteiger charge is -2.10. The lowest BCUT2D eigenvalue weighted by molar-refractivity contribution is -0.140. The third kappa shape index (κ3) is 2.97. The molecular formula is C11H7F3N2S. The monoisotopic (exact) mass is 256 g/mol. The maximum absolute atomic E-state index is 12.7. The Kier molecular flexibility index (Phi) is 3.33. The molecule has 0 aromatic carbocycles. The van der Waals surface area contributed by atoms with Gasteiger partial charge in [-0.05, 0) is 36.0 Å². The van der Waals surface area contributed by atoms with Gasteiger partial charge in [0.1, 0.15) is 10.1 Å². The zero-order valence-electron chi connectivity index (χ0n) is 8.48. The molecule has 0 amide bonds. The molecule has 0 radical (unpaired) electrons. The molecule has 2 aromatic heterocycles. The molecule has 0 fully saturated rings. The number of hydrogen-bond donors (Lipinski definition) is 0. The second-order valence-corrected chi connectivity index (χ2v) is 4.13. The van der Waals surface area contributed by atoms with Gasteiger partial charge in [0.15, 0.2) is 0 Å².